The van der Waals surface area contributed by atoms with Crippen LogP contribution in [0.2, 0.25) is 0 Å². The van der Waals surface area contributed by atoms with E-state index < -0.39 is 6.61 Å². The molecule has 7 heteroatoms. The first kappa shape index (κ1) is 19.5. The second kappa shape index (κ2) is 8.63. The molecule has 28 heavy (non-hydrogen) atoms. The van der Waals surface area contributed by atoms with Crippen molar-refractivity contribution in [2.45, 2.75) is 13.5 Å². The van der Waals surface area contributed by atoms with Crippen molar-refractivity contribution in [3.63, 3.8) is 0 Å². The summed E-state index contributed by atoms with van der Waals surface area (Å²) in [5.41, 5.74) is 3.90. The van der Waals surface area contributed by atoms with Gasteiger partial charge in [0.1, 0.15) is 11.1 Å². The van der Waals surface area contributed by atoms with Crippen molar-refractivity contribution in [1.82, 2.24) is 4.98 Å². The van der Waals surface area contributed by atoms with E-state index in [4.69, 9.17) is 4.74 Å². The summed E-state index contributed by atoms with van der Waals surface area (Å²) in [6.45, 7) is -0.931. The number of methoxy groups -OCH3 is 1. The van der Waals surface area contributed by atoms with E-state index in [2.05, 4.69) is 15.8 Å². The van der Waals surface area contributed by atoms with Crippen molar-refractivity contribution in [3.05, 3.63) is 64.0 Å². The highest BCUT2D eigenvalue weighted by Crippen LogP contribution is 2.32. The van der Waals surface area contributed by atoms with E-state index in [1.165, 1.54) is 30.6 Å². The van der Waals surface area contributed by atoms with Crippen molar-refractivity contribution >= 4 is 23.0 Å². The van der Waals surface area contributed by atoms with Gasteiger partial charge in [0.2, 0.25) is 0 Å². The van der Waals surface area contributed by atoms with Crippen LogP contribution in [0.4, 0.5) is 8.78 Å². The molecule has 2 aromatic carbocycles. The number of aromatic nitrogens is 1. The summed E-state index contributed by atoms with van der Waals surface area (Å²) in [6, 6.07) is 14.6. The number of nitrogens with zero attached hydrogens (tertiary/aromatic N) is 2. The number of benzene rings is 2. The highest BCUT2D eigenvalue weighted by molar-refractivity contribution is 7.11. The molecule has 0 spiro atoms. The average molecular weight is 398 g/mol. The Bertz CT molecular complexity index is 1040. The molecule has 3 aromatic rings. The van der Waals surface area contributed by atoms with Crippen molar-refractivity contribution in [2.24, 2.45) is 0 Å². The number of aryl methyl sites for hydroxylation is 1. The molecule has 1 heterocycles. The van der Waals surface area contributed by atoms with Crippen molar-refractivity contribution in [3.8, 4) is 28.8 Å². The normalized spacial score (nSPS) is 11.4. The van der Waals surface area contributed by atoms with Gasteiger partial charge in [-0.15, -0.1) is 11.3 Å². The zero-order valence-corrected chi connectivity index (χ0v) is 16.0. The maximum absolute atomic E-state index is 12.4. The maximum atomic E-state index is 12.4. The lowest BCUT2D eigenvalue weighted by Gasteiger charge is -2.10. The van der Waals surface area contributed by atoms with Crippen LogP contribution in [-0.4, -0.2) is 18.7 Å². The molecule has 142 valence electrons. The van der Waals surface area contributed by atoms with E-state index in [1.807, 2.05) is 36.6 Å². The van der Waals surface area contributed by atoms with Crippen LogP contribution in [0, 0.1) is 18.3 Å². The molecule has 0 radical (unpaired) electrons. The molecule has 0 amide bonds. The van der Waals surface area contributed by atoms with E-state index >= 15 is 0 Å². The van der Waals surface area contributed by atoms with Gasteiger partial charge in [0.05, 0.1) is 18.4 Å². The van der Waals surface area contributed by atoms with Gasteiger partial charge in [0.15, 0.2) is 11.5 Å². The van der Waals surface area contributed by atoms with Gasteiger partial charge in [-0.3, -0.25) is 0 Å². The first-order valence-corrected chi connectivity index (χ1v) is 9.15. The Labute approximate surface area is 165 Å². The van der Waals surface area contributed by atoms with Crippen molar-refractivity contribution < 1.29 is 18.3 Å². The first-order chi connectivity index (χ1) is 13.5. The summed E-state index contributed by atoms with van der Waals surface area (Å²) in [7, 11) is 1.36. The molecule has 3 rings (SSSR count). The Kier molecular flexibility index (Phi) is 6.02. The molecule has 0 saturated heterocycles. The van der Waals surface area contributed by atoms with Crippen LogP contribution in [0.15, 0.2) is 47.8 Å². The molecule has 0 unspecified atom stereocenters. The van der Waals surface area contributed by atoms with Crippen molar-refractivity contribution in [2.75, 3.05) is 7.11 Å². The van der Waals surface area contributed by atoms with E-state index in [-0.39, 0.29) is 11.5 Å². The molecule has 0 bridgehead atoms. The van der Waals surface area contributed by atoms with Gasteiger partial charge >= 0.3 is 6.61 Å². The second-order valence-corrected chi connectivity index (χ2v) is 6.72. The lowest BCUT2D eigenvalue weighted by molar-refractivity contribution is -0.0512. The summed E-state index contributed by atoms with van der Waals surface area (Å²) in [4.78, 5) is 4.55. The van der Waals surface area contributed by atoms with Crippen LogP contribution in [0.1, 0.15) is 16.1 Å². The molecule has 0 aliphatic carbocycles. The quantitative estimate of drug-likeness (QED) is 0.493. The molecule has 4 nitrogen and oxygen atoms in total. The predicted octanol–water partition coefficient (Wildman–Crippen LogP) is 5.79. The van der Waals surface area contributed by atoms with E-state index in [0.717, 1.165) is 16.8 Å². The van der Waals surface area contributed by atoms with E-state index in [0.29, 0.717) is 16.1 Å². The number of ether oxygens (including phenoxy) is 2. The zero-order valence-electron chi connectivity index (χ0n) is 15.1. The minimum absolute atomic E-state index is 0.0657. The minimum Gasteiger partial charge on any atom is -0.493 e. The fraction of sp³-hybridized carbons (Fsp3) is 0.143. The molecule has 0 aliphatic rings. The van der Waals surface area contributed by atoms with Crippen LogP contribution in [0.25, 0.3) is 22.9 Å². The van der Waals surface area contributed by atoms with Crippen LogP contribution in [-0.2, 0) is 0 Å². The zero-order chi connectivity index (χ0) is 20.1. The number of nitriles is 1. The maximum Gasteiger partial charge on any atom is 0.387 e. The Hall–Kier alpha value is -3.24. The molecular weight excluding hydrogens is 382 g/mol. The molecule has 0 atom stereocenters. The summed E-state index contributed by atoms with van der Waals surface area (Å²) in [6.07, 6.45) is 1.63. The average Bonchev–Trinajstić information content (AvgIpc) is 3.17. The van der Waals surface area contributed by atoms with Gasteiger partial charge < -0.3 is 9.47 Å². The second-order valence-electron chi connectivity index (χ2n) is 5.86. The molecule has 0 fully saturated rings. The highest BCUT2D eigenvalue weighted by Gasteiger charge is 2.12. The van der Waals surface area contributed by atoms with Crippen LogP contribution < -0.4 is 9.47 Å². The Morgan fingerprint density at radius 3 is 2.57 bits per heavy atom. The van der Waals surface area contributed by atoms with E-state index in [9.17, 15) is 14.0 Å². The summed E-state index contributed by atoms with van der Waals surface area (Å²) < 4.78 is 34.4. The number of hydrogen-bond donors (Lipinski definition) is 0. The third-order valence-corrected chi connectivity index (χ3v) is 4.79. The third-order valence-electron chi connectivity index (χ3n) is 3.92. The number of alkyl halides is 2. The molecule has 0 N–H and O–H groups in total. The Morgan fingerprint density at radius 1 is 1.18 bits per heavy atom. The molecule has 0 saturated carbocycles. The first-order valence-electron chi connectivity index (χ1n) is 8.27. The van der Waals surface area contributed by atoms with Crippen LogP contribution in [0.3, 0.4) is 0 Å². The number of thiazole rings is 1. The Morgan fingerprint density at radius 2 is 1.93 bits per heavy atom. The van der Waals surface area contributed by atoms with Gasteiger partial charge in [-0.1, -0.05) is 35.9 Å². The van der Waals surface area contributed by atoms with E-state index in [1.54, 1.807) is 12.1 Å². The SMILES string of the molecule is COc1cc(/C=C(\C#N)c2nc(-c3ccc(C)cc3)cs2)ccc1OC(F)F. The summed E-state index contributed by atoms with van der Waals surface area (Å²) >= 11 is 1.37. The fourth-order valence-electron chi connectivity index (χ4n) is 2.53. The molecular formula is C21H16F2N2O2S. The molecule has 1 aromatic heterocycles. The minimum atomic E-state index is -2.94. The standard InChI is InChI=1S/C21H16F2N2O2S/c1-13-3-6-15(7-4-13)17-12-28-20(25-17)16(11-24)9-14-5-8-18(27-21(22)23)19(10-14)26-2/h3-10,12,21H,1-2H3/b16-9+. The van der Waals surface area contributed by atoms with Crippen LogP contribution >= 0.6 is 11.3 Å². The number of allylic oxidation sites excluding steroid dienone is 1. The third kappa shape index (κ3) is 4.53. The lowest BCUT2D eigenvalue weighted by atomic mass is 10.1. The number of rotatable bonds is 6. The van der Waals surface area contributed by atoms with Gasteiger partial charge in [-0.25, -0.2) is 4.98 Å². The van der Waals surface area contributed by atoms with Gasteiger partial charge in [0.25, 0.3) is 0 Å². The predicted molar refractivity (Wildman–Crippen MR) is 105 cm³/mol. The van der Waals surface area contributed by atoms with Gasteiger partial charge in [0, 0.05) is 10.9 Å². The summed E-state index contributed by atoms with van der Waals surface area (Å²) in [5, 5.41) is 12.0. The highest BCUT2D eigenvalue weighted by atomic mass is 32.1. The largest absolute Gasteiger partial charge is 0.493 e. The molecule has 0 aliphatic heterocycles. The lowest BCUT2D eigenvalue weighted by Crippen LogP contribution is -2.03. The number of halogens is 2. The van der Waals surface area contributed by atoms with Crippen LogP contribution in [0.5, 0.6) is 11.5 Å². The summed E-state index contributed by atoms with van der Waals surface area (Å²) in [5.74, 6) is 0.0925. The Balaban J connectivity index is 1.90. The smallest absolute Gasteiger partial charge is 0.387 e. The monoisotopic (exact) mass is 398 g/mol. The van der Waals surface area contributed by atoms with Gasteiger partial charge in [-0.2, -0.15) is 14.0 Å². The van der Waals surface area contributed by atoms with Gasteiger partial charge in [-0.05, 0) is 30.7 Å². The topological polar surface area (TPSA) is 55.1 Å². The van der Waals surface area contributed by atoms with Crippen molar-refractivity contribution in [1.29, 1.82) is 5.26 Å². The fourth-order valence-corrected chi connectivity index (χ4v) is 3.32. The number of hydrogen-bond acceptors (Lipinski definition) is 5.